The van der Waals surface area contributed by atoms with Gasteiger partial charge in [0.2, 0.25) is 5.91 Å². The molecule has 1 aromatic carbocycles. The number of thioether (sulfide) groups is 1. The van der Waals surface area contributed by atoms with Crippen LogP contribution in [0.2, 0.25) is 0 Å². The SMILES string of the molecule is COCCCOc1cc(CCCCCCC(C(=O)NCCN2CCSCC2)(C(C)C)C(C)C)ccc1OC. The first-order valence-corrected chi connectivity index (χ1v) is 15.9. The number of methoxy groups -OCH3 is 2. The molecule has 0 bridgehead atoms. The van der Waals surface area contributed by atoms with Gasteiger partial charge in [-0.15, -0.1) is 0 Å². The average Bonchev–Trinajstić information content (AvgIpc) is 2.91. The number of carbonyl (C=O) groups is 1. The Bertz CT molecular complexity index is 788. The van der Waals surface area contributed by atoms with E-state index >= 15 is 0 Å². The number of hydrogen-bond donors (Lipinski definition) is 1. The Kier molecular flexibility index (Phi) is 15.5. The maximum Gasteiger partial charge on any atom is 0.226 e. The standard InChI is InChI=1S/C31H54N2O4S/c1-25(2)31(26(3)4,30(34)32-16-17-33-18-22-38-23-19-33)15-10-8-7-9-12-27-13-14-28(36-6)29(24-27)37-21-11-20-35-5/h13-14,24-26H,7-12,15-23H2,1-6H3,(H,32,34). The second kappa shape index (κ2) is 18.0. The van der Waals surface area contributed by atoms with Crippen molar-refractivity contribution in [1.82, 2.24) is 10.2 Å². The summed E-state index contributed by atoms with van der Waals surface area (Å²) in [7, 11) is 3.39. The van der Waals surface area contributed by atoms with E-state index < -0.39 is 0 Å². The number of hydrogen-bond acceptors (Lipinski definition) is 6. The van der Waals surface area contributed by atoms with Crippen LogP contribution in [0.3, 0.4) is 0 Å². The van der Waals surface area contributed by atoms with E-state index in [0.717, 1.165) is 82.6 Å². The highest BCUT2D eigenvalue weighted by atomic mass is 32.2. The van der Waals surface area contributed by atoms with E-state index in [1.165, 1.54) is 17.1 Å². The monoisotopic (exact) mass is 550 g/mol. The van der Waals surface area contributed by atoms with Crippen molar-refractivity contribution in [2.24, 2.45) is 17.3 Å². The highest BCUT2D eigenvalue weighted by Crippen LogP contribution is 2.41. The van der Waals surface area contributed by atoms with Crippen molar-refractivity contribution in [3.63, 3.8) is 0 Å². The second-order valence-corrected chi connectivity index (χ2v) is 12.4. The molecular weight excluding hydrogens is 496 g/mol. The molecule has 0 aliphatic carbocycles. The number of carbonyl (C=O) groups excluding carboxylic acids is 1. The van der Waals surface area contributed by atoms with Gasteiger partial charge in [0.25, 0.3) is 0 Å². The summed E-state index contributed by atoms with van der Waals surface area (Å²) in [6, 6.07) is 6.25. The topological polar surface area (TPSA) is 60.0 Å². The van der Waals surface area contributed by atoms with Gasteiger partial charge in [-0.05, 0) is 48.8 Å². The zero-order valence-corrected chi connectivity index (χ0v) is 25.8. The van der Waals surface area contributed by atoms with Gasteiger partial charge in [0.15, 0.2) is 11.5 Å². The summed E-state index contributed by atoms with van der Waals surface area (Å²) in [5.41, 5.74) is 0.973. The molecule has 1 aromatic rings. The lowest BCUT2D eigenvalue weighted by atomic mass is 9.65. The first-order chi connectivity index (χ1) is 18.3. The van der Waals surface area contributed by atoms with Gasteiger partial charge in [-0.2, -0.15) is 11.8 Å². The maximum atomic E-state index is 13.5. The molecule has 0 atom stereocenters. The Morgan fingerprint density at radius 2 is 1.68 bits per heavy atom. The lowest BCUT2D eigenvalue weighted by Crippen LogP contribution is -2.50. The molecule has 218 valence electrons. The third kappa shape index (κ3) is 10.3. The predicted molar refractivity (Wildman–Crippen MR) is 161 cm³/mol. The minimum Gasteiger partial charge on any atom is -0.493 e. The van der Waals surface area contributed by atoms with Crippen molar-refractivity contribution in [3.05, 3.63) is 23.8 Å². The minimum absolute atomic E-state index is 0.255. The smallest absolute Gasteiger partial charge is 0.226 e. The van der Waals surface area contributed by atoms with Gasteiger partial charge in [0.1, 0.15) is 0 Å². The number of ether oxygens (including phenoxy) is 3. The molecule has 1 saturated heterocycles. The molecule has 7 heteroatoms. The molecule has 0 saturated carbocycles. The summed E-state index contributed by atoms with van der Waals surface area (Å²) in [5.74, 6) is 4.88. The molecule has 1 amide bonds. The fourth-order valence-corrected chi connectivity index (χ4v) is 6.65. The van der Waals surface area contributed by atoms with Gasteiger partial charge >= 0.3 is 0 Å². The van der Waals surface area contributed by atoms with Crippen molar-refractivity contribution in [1.29, 1.82) is 0 Å². The molecule has 0 radical (unpaired) electrons. The van der Waals surface area contributed by atoms with E-state index in [2.05, 4.69) is 50.0 Å². The predicted octanol–water partition coefficient (Wildman–Crippen LogP) is 6.07. The van der Waals surface area contributed by atoms with Crippen molar-refractivity contribution in [2.45, 2.75) is 72.6 Å². The Balaban J connectivity index is 1.80. The number of aryl methyl sites for hydroxylation is 1. The largest absolute Gasteiger partial charge is 0.493 e. The van der Waals surface area contributed by atoms with Crippen LogP contribution >= 0.6 is 11.8 Å². The quantitative estimate of drug-likeness (QED) is 0.211. The molecule has 1 heterocycles. The Morgan fingerprint density at radius 1 is 0.974 bits per heavy atom. The van der Waals surface area contributed by atoms with Gasteiger partial charge in [0.05, 0.1) is 19.1 Å². The van der Waals surface area contributed by atoms with Gasteiger partial charge in [-0.25, -0.2) is 0 Å². The molecule has 0 spiro atoms. The normalized spacial score (nSPS) is 14.7. The van der Waals surface area contributed by atoms with Crippen molar-refractivity contribution < 1.29 is 19.0 Å². The summed E-state index contributed by atoms with van der Waals surface area (Å²) < 4.78 is 16.5. The zero-order valence-electron chi connectivity index (χ0n) is 25.0. The molecule has 1 N–H and O–H groups in total. The fourth-order valence-electron chi connectivity index (χ4n) is 5.67. The van der Waals surface area contributed by atoms with Crippen LogP contribution in [0.1, 0.15) is 71.8 Å². The van der Waals surface area contributed by atoms with Crippen LogP contribution in [-0.2, 0) is 16.0 Å². The van der Waals surface area contributed by atoms with Crippen molar-refractivity contribution >= 4 is 17.7 Å². The summed E-state index contributed by atoms with van der Waals surface area (Å²) in [4.78, 5) is 16.0. The van der Waals surface area contributed by atoms with Gasteiger partial charge in [0, 0.05) is 57.8 Å². The molecule has 2 rings (SSSR count). The first-order valence-electron chi connectivity index (χ1n) is 14.7. The molecule has 1 fully saturated rings. The number of rotatable bonds is 19. The number of nitrogens with zero attached hydrogens (tertiary/aromatic N) is 1. The summed E-state index contributed by atoms with van der Waals surface area (Å²) in [6.07, 6.45) is 7.36. The van der Waals surface area contributed by atoms with Gasteiger partial charge in [-0.1, -0.05) is 53.0 Å². The Labute approximate surface area is 236 Å². The number of nitrogens with one attached hydrogen (secondary N) is 1. The highest BCUT2D eigenvalue weighted by molar-refractivity contribution is 7.99. The van der Waals surface area contributed by atoms with Crippen LogP contribution in [0.25, 0.3) is 0 Å². The minimum atomic E-state index is -0.303. The van der Waals surface area contributed by atoms with Crippen LogP contribution in [0.15, 0.2) is 18.2 Å². The second-order valence-electron chi connectivity index (χ2n) is 11.2. The van der Waals surface area contributed by atoms with Crippen LogP contribution in [0.5, 0.6) is 11.5 Å². The average molecular weight is 551 g/mol. The summed E-state index contributed by atoms with van der Waals surface area (Å²) in [5, 5.41) is 3.33. The van der Waals surface area contributed by atoms with Gasteiger partial charge < -0.3 is 19.5 Å². The Hall–Kier alpha value is -1.44. The van der Waals surface area contributed by atoms with Crippen LogP contribution in [0, 0.1) is 17.3 Å². The van der Waals surface area contributed by atoms with E-state index in [1.807, 2.05) is 17.8 Å². The zero-order chi connectivity index (χ0) is 27.8. The fraction of sp³-hybridized carbons (Fsp3) is 0.774. The first kappa shape index (κ1) is 32.8. The van der Waals surface area contributed by atoms with E-state index in [1.54, 1.807) is 14.2 Å². The maximum absolute atomic E-state index is 13.5. The lowest BCUT2D eigenvalue weighted by molar-refractivity contribution is -0.137. The van der Waals surface area contributed by atoms with Crippen molar-refractivity contribution in [2.75, 3.05) is 65.1 Å². The van der Waals surface area contributed by atoms with Crippen LogP contribution in [-0.4, -0.2) is 75.9 Å². The number of amides is 1. The van der Waals surface area contributed by atoms with Crippen LogP contribution < -0.4 is 14.8 Å². The van der Waals surface area contributed by atoms with Crippen molar-refractivity contribution in [3.8, 4) is 11.5 Å². The summed E-state index contributed by atoms with van der Waals surface area (Å²) >= 11 is 2.03. The molecule has 0 unspecified atom stereocenters. The lowest BCUT2D eigenvalue weighted by Gasteiger charge is -2.40. The number of unbranched alkanes of at least 4 members (excludes halogenated alkanes) is 3. The molecular formula is C31H54N2O4S. The van der Waals surface area contributed by atoms with Crippen LogP contribution in [0.4, 0.5) is 0 Å². The Morgan fingerprint density at radius 3 is 2.34 bits per heavy atom. The molecule has 1 aliphatic rings. The molecule has 0 aromatic heterocycles. The number of benzene rings is 1. The third-order valence-corrected chi connectivity index (χ3v) is 9.03. The highest BCUT2D eigenvalue weighted by Gasteiger charge is 2.43. The summed E-state index contributed by atoms with van der Waals surface area (Å²) in [6.45, 7) is 14.2. The van der Waals surface area contributed by atoms with Gasteiger partial charge in [-0.3, -0.25) is 9.69 Å². The van der Waals surface area contributed by atoms with E-state index in [-0.39, 0.29) is 11.3 Å². The molecule has 6 nitrogen and oxygen atoms in total. The van der Waals surface area contributed by atoms with E-state index in [0.29, 0.717) is 25.0 Å². The molecule has 1 aliphatic heterocycles. The molecule has 38 heavy (non-hydrogen) atoms. The van der Waals surface area contributed by atoms with E-state index in [9.17, 15) is 4.79 Å². The third-order valence-electron chi connectivity index (χ3n) is 8.08. The van der Waals surface area contributed by atoms with E-state index in [4.69, 9.17) is 14.2 Å².